The van der Waals surface area contributed by atoms with Gasteiger partial charge in [0, 0.05) is 31.6 Å². The second kappa shape index (κ2) is 10.9. The van der Waals surface area contributed by atoms with Gasteiger partial charge in [-0.05, 0) is 79.9 Å². The molecule has 170 valence electrons. The van der Waals surface area contributed by atoms with Gasteiger partial charge in [-0.25, -0.2) is 4.79 Å². The highest BCUT2D eigenvalue weighted by Crippen LogP contribution is 2.23. The summed E-state index contributed by atoms with van der Waals surface area (Å²) in [5, 5.41) is 3.39. The van der Waals surface area contributed by atoms with Gasteiger partial charge >= 0.3 is 5.97 Å². The molecule has 2 aliphatic rings. The van der Waals surface area contributed by atoms with Crippen molar-refractivity contribution in [3.8, 4) is 0 Å². The lowest BCUT2D eigenvalue weighted by molar-refractivity contribution is 0.0598. The van der Waals surface area contributed by atoms with Crippen molar-refractivity contribution in [3.05, 3.63) is 70.3 Å². The molecule has 2 aromatic carbocycles. The zero-order chi connectivity index (χ0) is 22.3. The van der Waals surface area contributed by atoms with Crippen molar-refractivity contribution in [2.75, 3.05) is 33.3 Å². The fourth-order valence-corrected chi connectivity index (χ4v) is 4.96. The van der Waals surface area contributed by atoms with Gasteiger partial charge in [-0.1, -0.05) is 30.3 Å². The monoisotopic (exact) mass is 434 g/mol. The summed E-state index contributed by atoms with van der Waals surface area (Å²) in [6, 6.07) is 14.0. The van der Waals surface area contributed by atoms with E-state index in [1.165, 1.54) is 31.1 Å². The van der Waals surface area contributed by atoms with E-state index in [9.17, 15) is 9.59 Å². The van der Waals surface area contributed by atoms with Crippen molar-refractivity contribution in [1.29, 1.82) is 0 Å². The highest BCUT2D eigenvalue weighted by atomic mass is 16.5. The summed E-state index contributed by atoms with van der Waals surface area (Å²) in [5.41, 5.74) is 5.13. The summed E-state index contributed by atoms with van der Waals surface area (Å²) >= 11 is 0. The number of carbonyl (C=O) groups excluding carboxylic acids is 2. The van der Waals surface area contributed by atoms with E-state index in [2.05, 4.69) is 22.3 Å². The summed E-state index contributed by atoms with van der Waals surface area (Å²) in [7, 11) is 1.42. The molecular formula is C27H34N2O3. The number of Topliss-reactive ketones (excluding diaryl/α,β-unsaturated/α-hetero) is 1. The largest absolute Gasteiger partial charge is 0.465 e. The number of ether oxygens (including phenoxy) is 1. The third-order valence-electron chi connectivity index (χ3n) is 6.98. The number of carbonyl (C=O) groups is 2. The van der Waals surface area contributed by atoms with Crippen LogP contribution in [0, 0.1) is 5.92 Å². The van der Waals surface area contributed by atoms with Gasteiger partial charge in [0.1, 0.15) is 0 Å². The normalized spacial score (nSPS) is 17.4. The molecule has 2 aromatic rings. The second-order valence-electron chi connectivity index (χ2n) is 9.06. The maximum Gasteiger partial charge on any atom is 0.338 e. The molecule has 2 aliphatic heterocycles. The zero-order valence-corrected chi connectivity index (χ0v) is 19.1. The first-order valence-corrected chi connectivity index (χ1v) is 11.9. The van der Waals surface area contributed by atoms with Crippen LogP contribution in [0.2, 0.25) is 0 Å². The molecule has 0 amide bonds. The fourth-order valence-electron chi connectivity index (χ4n) is 4.96. The van der Waals surface area contributed by atoms with Crippen LogP contribution in [0.5, 0.6) is 0 Å². The molecule has 5 nitrogen and oxygen atoms in total. The van der Waals surface area contributed by atoms with E-state index >= 15 is 0 Å². The number of fused-ring (bicyclic) bond motifs is 1. The predicted octanol–water partition coefficient (Wildman–Crippen LogP) is 4.04. The van der Waals surface area contributed by atoms with Crippen molar-refractivity contribution in [3.63, 3.8) is 0 Å². The smallest absolute Gasteiger partial charge is 0.338 e. The highest BCUT2D eigenvalue weighted by Gasteiger charge is 2.20. The van der Waals surface area contributed by atoms with E-state index in [4.69, 9.17) is 4.74 Å². The van der Waals surface area contributed by atoms with E-state index in [0.717, 1.165) is 63.1 Å². The lowest BCUT2D eigenvalue weighted by atomic mass is 9.90. The number of rotatable bonds is 7. The van der Waals surface area contributed by atoms with Gasteiger partial charge in [0.2, 0.25) is 0 Å². The molecule has 2 heterocycles. The Balaban J connectivity index is 1.37. The maximum absolute atomic E-state index is 12.8. The molecule has 0 spiro atoms. The molecule has 4 rings (SSSR count). The number of nitrogens with one attached hydrogen (secondary N) is 1. The first-order chi connectivity index (χ1) is 15.6. The van der Waals surface area contributed by atoms with Crippen LogP contribution < -0.4 is 5.32 Å². The number of hydrogen-bond donors (Lipinski definition) is 1. The van der Waals surface area contributed by atoms with Crippen LogP contribution in [-0.2, 0) is 24.1 Å². The number of ketones is 1. The molecule has 0 atom stereocenters. The summed E-state index contributed by atoms with van der Waals surface area (Å²) in [5.74, 6) is 0.674. The molecular weight excluding hydrogens is 400 g/mol. The Hall–Kier alpha value is -2.50. The number of esters is 1. The number of hydrogen-bond acceptors (Lipinski definition) is 5. The first-order valence-electron chi connectivity index (χ1n) is 11.9. The third kappa shape index (κ3) is 5.64. The van der Waals surface area contributed by atoms with E-state index in [1.807, 2.05) is 30.3 Å². The lowest BCUT2D eigenvalue weighted by Crippen LogP contribution is -2.28. The maximum atomic E-state index is 12.8. The van der Waals surface area contributed by atoms with Crippen molar-refractivity contribution in [1.82, 2.24) is 10.2 Å². The molecule has 0 aliphatic carbocycles. The highest BCUT2D eigenvalue weighted by molar-refractivity contribution is 5.96. The van der Waals surface area contributed by atoms with Crippen LogP contribution in [-0.4, -0.2) is 49.9 Å². The molecule has 1 fully saturated rings. The van der Waals surface area contributed by atoms with Crippen LogP contribution >= 0.6 is 0 Å². The number of methoxy groups -OCH3 is 1. The van der Waals surface area contributed by atoms with Crippen LogP contribution in [0.3, 0.4) is 0 Å². The molecule has 0 aromatic heterocycles. The van der Waals surface area contributed by atoms with Gasteiger partial charge in [0.25, 0.3) is 0 Å². The third-order valence-corrected chi connectivity index (χ3v) is 6.98. The Morgan fingerprint density at radius 1 is 1.03 bits per heavy atom. The van der Waals surface area contributed by atoms with E-state index in [1.54, 1.807) is 0 Å². The van der Waals surface area contributed by atoms with Crippen molar-refractivity contribution < 1.29 is 14.3 Å². The predicted molar refractivity (Wildman–Crippen MR) is 126 cm³/mol. The molecule has 0 radical (unpaired) electrons. The summed E-state index contributed by atoms with van der Waals surface area (Å²) in [4.78, 5) is 27.3. The number of benzene rings is 2. The Labute approximate surface area is 191 Å². The molecule has 1 saturated heterocycles. The van der Waals surface area contributed by atoms with E-state index in [0.29, 0.717) is 17.9 Å². The van der Waals surface area contributed by atoms with Crippen molar-refractivity contribution >= 4 is 11.8 Å². The molecule has 0 unspecified atom stereocenters. The first kappa shape index (κ1) is 22.7. The van der Waals surface area contributed by atoms with E-state index in [-0.39, 0.29) is 11.8 Å². The summed E-state index contributed by atoms with van der Waals surface area (Å²) < 4.78 is 4.94. The minimum Gasteiger partial charge on any atom is -0.465 e. The van der Waals surface area contributed by atoms with Crippen molar-refractivity contribution in [2.45, 2.75) is 45.1 Å². The second-order valence-corrected chi connectivity index (χ2v) is 9.06. The molecule has 0 bridgehead atoms. The van der Waals surface area contributed by atoms with Gasteiger partial charge in [-0.3, -0.25) is 9.69 Å². The summed E-state index contributed by atoms with van der Waals surface area (Å²) in [6.45, 7) is 4.73. The van der Waals surface area contributed by atoms with Gasteiger partial charge in [0.05, 0.1) is 12.7 Å². The molecule has 32 heavy (non-hydrogen) atoms. The van der Waals surface area contributed by atoms with Crippen LogP contribution in [0.4, 0.5) is 0 Å². The number of nitrogens with zero attached hydrogens (tertiary/aromatic N) is 1. The minimum atomic E-state index is -0.286. The minimum absolute atomic E-state index is 0.277. The SMILES string of the molecule is COC(=O)c1ccccc1CN1CCc2ccc(C(=O)CCC3CCNCC3)cc2CC1. The Kier molecular flexibility index (Phi) is 7.72. The van der Waals surface area contributed by atoms with Gasteiger partial charge < -0.3 is 10.1 Å². The van der Waals surface area contributed by atoms with E-state index < -0.39 is 0 Å². The quantitative estimate of drug-likeness (QED) is 0.527. The van der Waals surface area contributed by atoms with Crippen LogP contribution in [0.15, 0.2) is 42.5 Å². The van der Waals surface area contributed by atoms with Crippen molar-refractivity contribution in [2.24, 2.45) is 5.92 Å². The van der Waals surface area contributed by atoms with Crippen LogP contribution in [0.1, 0.15) is 63.1 Å². The average Bonchev–Trinajstić information content (AvgIpc) is 3.05. The fraction of sp³-hybridized carbons (Fsp3) is 0.481. The van der Waals surface area contributed by atoms with Crippen LogP contribution in [0.25, 0.3) is 0 Å². The zero-order valence-electron chi connectivity index (χ0n) is 19.1. The van der Waals surface area contributed by atoms with Gasteiger partial charge in [-0.15, -0.1) is 0 Å². The van der Waals surface area contributed by atoms with Gasteiger partial charge in [0.15, 0.2) is 5.78 Å². The Morgan fingerprint density at radius 2 is 1.78 bits per heavy atom. The summed E-state index contributed by atoms with van der Waals surface area (Å²) in [6.07, 6.45) is 5.91. The average molecular weight is 435 g/mol. The molecule has 0 saturated carbocycles. The van der Waals surface area contributed by atoms with Gasteiger partial charge in [-0.2, -0.15) is 0 Å². The topological polar surface area (TPSA) is 58.6 Å². The Morgan fingerprint density at radius 3 is 2.56 bits per heavy atom. The Bertz CT molecular complexity index is 950. The number of piperidine rings is 1. The lowest BCUT2D eigenvalue weighted by Gasteiger charge is -2.22. The standard InChI is InChI=1S/C27H34N2O3/c1-32-27(31)25-5-3-2-4-24(25)19-29-16-12-21-7-8-23(18-22(21)13-17-29)26(30)9-6-20-10-14-28-15-11-20/h2-5,7-8,18,20,28H,6,9-17,19H2,1H3. The molecule has 1 N–H and O–H groups in total. The molecule has 5 heteroatoms.